The summed E-state index contributed by atoms with van der Waals surface area (Å²) in [6.45, 7) is 7.37. The van der Waals surface area contributed by atoms with Crippen LogP contribution in [0.4, 0.5) is 11.8 Å². The number of hydrogen-bond donors (Lipinski definition) is 1. The topological polar surface area (TPSA) is 81.3 Å². The Kier molecular flexibility index (Phi) is 4.77. The number of aromatic nitrogens is 2. The van der Waals surface area contributed by atoms with Crippen LogP contribution < -0.4 is 10.6 Å². The van der Waals surface area contributed by atoms with Gasteiger partial charge in [-0.15, -0.1) is 6.58 Å². The molecule has 1 saturated heterocycles. The molecule has 0 spiro atoms. The maximum absolute atomic E-state index is 11.4. The van der Waals surface area contributed by atoms with E-state index in [0.717, 1.165) is 36.6 Å². The van der Waals surface area contributed by atoms with E-state index in [1.165, 1.54) is 7.11 Å². The first-order chi connectivity index (χ1) is 10.0. The molecule has 2 N–H and O–H groups in total. The third-order valence-corrected chi connectivity index (χ3v) is 3.83. The average molecular weight is 290 g/mol. The summed E-state index contributed by atoms with van der Waals surface area (Å²) in [5.41, 5.74) is 7.72. The highest BCUT2D eigenvalue weighted by molar-refractivity contribution is 5.69. The van der Waals surface area contributed by atoms with Crippen LogP contribution in [0.5, 0.6) is 0 Å². The molecule has 114 valence electrons. The average Bonchev–Trinajstić information content (AvgIpc) is 2.89. The number of nitrogens with two attached hydrogens (primary N) is 1. The number of rotatable bonds is 5. The lowest BCUT2D eigenvalue weighted by Gasteiger charge is -2.21. The number of hydrogen-bond acceptors (Lipinski definition) is 6. The van der Waals surface area contributed by atoms with E-state index >= 15 is 0 Å². The van der Waals surface area contributed by atoms with Gasteiger partial charge in [-0.1, -0.05) is 6.08 Å². The lowest BCUT2D eigenvalue weighted by Crippen LogP contribution is -2.24. The molecule has 1 fully saturated rings. The molecule has 0 amide bonds. The molecular weight excluding hydrogens is 268 g/mol. The molecule has 1 aromatic heterocycles. The smallest absolute Gasteiger partial charge is 0.305 e. The second kappa shape index (κ2) is 6.56. The van der Waals surface area contributed by atoms with Crippen LogP contribution in [-0.2, 0) is 16.0 Å². The Morgan fingerprint density at radius 2 is 2.33 bits per heavy atom. The van der Waals surface area contributed by atoms with Crippen LogP contribution in [0.1, 0.15) is 24.1 Å². The Balaban J connectivity index is 2.19. The molecule has 0 radical (unpaired) electrons. The number of nitrogen functional groups attached to an aromatic ring is 1. The van der Waals surface area contributed by atoms with E-state index in [4.69, 9.17) is 10.5 Å². The van der Waals surface area contributed by atoms with E-state index < -0.39 is 0 Å². The number of ether oxygens (including phenoxy) is 1. The first kappa shape index (κ1) is 15.3. The standard InChI is InChI=1S/C15H22N4O2/c1-4-5-12-10(2)17-15(16)18-14(12)19-7-6-11(9-19)8-13(20)21-3/h4,11H,1,5-9H2,2-3H3,(H2,16,17,18). The predicted octanol–water partition coefficient (Wildman–Crippen LogP) is 1.49. The number of esters is 1. The molecule has 21 heavy (non-hydrogen) atoms. The monoisotopic (exact) mass is 290 g/mol. The number of nitrogens with zero attached hydrogens (tertiary/aromatic N) is 3. The molecule has 0 aliphatic carbocycles. The van der Waals surface area contributed by atoms with E-state index in [1.54, 1.807) is 0 Å². The highest BCUT2D eigenvalue weighted by Gasteiger charge is 2.28. The first-order valence-electron chi connectivity index (χ1n) is 7.10. The number of anilines is 2. The van der Waals surface area contributed by atoms with Gasteiger partial charge in [0.05, 0.1) is 13.5 Å². The molecule has 2 rings (SSSR count). The Morgan fingerprint density at radius 1 is 1.57 bits per heavy atom. The van der Waals surface area contributed by atoms with Crippen LogP contribution in [0, 0.1) is 12.8 Å². The van der Waals surface area contributed by atoms with E-state index in [-0.39, 0.29) is 11.9 Å². The van der Waals surface area contributed by atoms with Crippen molar-refractivity contribution < 1.29 is 9.53 Å². The zero-order valence-electron chi connectivity index (χ0n) is 12.6. The number of carbonyl (C=O) groups excluding carboxylic acids is 1. The molecule has 1 aliphatic heterocycles. The summed E-state index contributed by atoms with van der Waals surface area (Å²) in [5, 5.41) is 0. The Labute approximate surface area is 125 Å². The fourth-order valence-electron chi connectivity index (χ4n) is 2.76. The predicted molar refractivity (Wildman–Crippen MR) is 82.0 cm³/mol. The third kappa shape index (κ3) is 3.51. The van der Waals surface area contributed by atoms with Crippen LogP contribution in [0.25, 0.3) is 0 Å². The first-order valence-corrected chi connectivity index (χ1v) is 7.10. The van der Waals surface area contributed by atoms with Crippen molar-refractivity contribution >= 4 is 17.7 Å². The van der Waals surface area contributed by atoms with Crippen molar-refractivity contribution in [2.75, 3.05) is 30.8 Å². The summed E-state index contributed by atoms with van der Waals surface area (Å²) in [4.78, 5) is 22.2. The summed E-state index contributed by atoms with van der Waals surface area (Å²) in [7, 11) is 1.42. The van der Waals surface area contributed by atoms with Gasteiger partial charge in [-0.05, 0) is 25.7 Å². The van der Waals surface area contributed by atoms with Crippen LogP contribution in [-0.4, -0.2) is 36.1 Å². The zero-order valence-corrected chi connectivity index (χ0v) is 12.6. The minimum absolute atomic E-state index is 0.161. The largest absolute Gasteiger partial charge is 0.469 e. The maximum Gasteiger partial charge on any atom is 0.305 e. The van der Waals surface area contributed by atoms with Gasteiger partial charge in [0.1, 0.15) is 5.82 Å². The van der Waals surface area contributed by atoms with Crippen molar-refractivity contribution in [1.29, 1.82) is 0 Å². The quantitative estimate of drug-likeness (QED) is 0.653. The molecule has 1 aliphatic rings. The van der Waals surface area contributed by atoms with Gasteiger partial charge < -0.3 is 15.4 Å². The number of allylic oxidation sites excluding steroid dienone is 1. The molecule has 2 heterocycles. The minimum Gasteiger partial charge on any atom is -0.469 e. The summed E-state index contributed by atoms with van der Waals surface area (Å²) in [6, 6.07) is 0. The SMILES string of the molecule is C=CCc1c(C)nc(N)nc1N1CCC(CC(=O)OC)C1. The summed E-state index contributed by atoms with van der Waals surface area (Å²) in [6.07, 6.45) is 3.95. The maximum atomic E-state index is 11.4. The van der Waals surface area contributed by atoms with Crippen LogP contribution in [0.3, 0.4) is 0 Å². The lowest BCUT2D eigenvalue weighted by molar-refractivity contribution is -0.141. The number of carbonyl (C=O) groups is 1. The van der Waals surface area contributed by atoms with Crippen LogP contribution in [0.15, 0.2) is 12.7 Å². The molecular formula is C15H22N4O2. The van der Waals surface area contributed by atoms with Crippen LogP contribution in [0.2, 0.25) is 0 Å². The van der Waals surface area contributed by atoms with Gasteiger partial charge >= 0.3 is 5.97 Å². The van der Waals surface area contributed by atoms with Crippen molar-refractivity contribution in [2.24, 2.45) is 5.92 Å². The molecule has 1 aromatic rings. The lowest BCUT2D eigenvalue weighted by atomic mass is 10.1. The normalized spacial score (nSPS) is 17.8. The molecule has 0 aromatic carbocycles. The number of aryl methyl sites for hydroxylation is 1. The van der Waals surface area contributed by atoms with Gasteiger partial charge in [-0.2, -0.15) is 4.98 Å². The summed E-state index contributed by atoms with van der Waals surface area (Å²) >= 11 is 0. The van der Waals surface area contributed by atoms with E-state index in [2.05, 4.69) is 21.4 Å². The fraction of sp³-hybridized carbons (Fsp3) is 0.533. The van der Waals surface area contributed by atoms with Gasteiger partial charge in [-0.3, -0.25) is 4.79 Å². The molecule has 1 unspecified atom stereocenters. The van der Waals surface area contributed by atoms with E-state index in [9.17, 15) is 4.79 Å². The van der Waals surface area contributed by atoms with E-state index in [0.29, 0.717) is 18.8 Å². The molecule has 0 saturated carbocycles. The summed E-state index contributed by atoms with van der Waals surface area (Å²) < 4.78 is 4.74. The van der Waals surface area contributed by atoms with E-state index in [1.807, 2.05) is 13.0 Å². The third-order valence-electron chi connectivity index (χ3n) is 3.83. The van der Waals surface area contributed by atoms with Crippen molar-refractivity contribution in [2.45, 2.75) is 26.2 Å². The van der Waals surface area contributed by atoms with Gasteiger partial charge in [-0.25, -0.2) is 4.98 Å². The molecule has 1 atom stereocenters. The van der Waals surface area contributed by atoms with Crippen molar-refractivity contribution in [1.82, 2.24) is 9.97 Å². The Hall–Kier alpha value is -2.11. The van der Waals surface area contributed by atoms with Crippen molar-refractivity contribution in [3.8, 4) is 0 Å². The van der Waals surface area contributed by atoms with Gasteiger partial charge in [0.25, 0.3) is 0 Å². The number of methoxy groups -OCH3 is 1. The van der Waals surface area contributed by atoms with Crippen LogP contribution >= 0.6 is 0 Å². The zero-order chi connectivity index (χ0) is 15.4. The molecule has 0 bridgehead atoms. The van der Waals surface area contributed by atoms with Crippen molar-refractivity contribution in [3.05, 3.63) is 23.9 Å². The molecule has 6 heteroatoms. The fourth-order valence-corrected chi connectivity index (χ4v) is 2.76. The Morgan fingerprint density at radius 3 is 3.00 bits per heavy atom. The minimum atomic E-state index is -0.161. The second-order valence-electron chi connectivity index (χ2n) is 5.34. The highest BCUT2D eigenvalue weighted by Crippen LogP contribution is 2.29. The van der Waals surface area contributed by atoms with Gasteiger partial charge in [0.2, 0.25) is 5.95 Å². The highest BCUT2D eigenvalue weighted by atomic mass is 16.5. The summed E-state index contributed by atoms with van der Waals surface area (Å²) in [5.74, 6) is 1.29. The van der Waals surface area contributed by atoms with Gasteiger partial charge in [0, 0.05) is 24.3 Å². The van der Waals surface area contributed by atoms with Crippen molar-refractivity contribution in [3.63, 3.8) is 0 Å². The Bertz CT molecular complexity index is 545. The van der Waals surface area contributed by atoms with Gasteiger partial charge in [0.15, 0.2) is 0 Å². The second-order valence-corrected chi connectivity index (χ2v) is 5.34. The molecule has 6 nitrogen and oxygen atoms in total.